The number of fused-ring (bicyclic) bond motifs is 1. The molecule has 0 radical (unpaired) electrons. The third-order valence-electron chi connectivity index (χ3n) is 4.18. The zero-order chi connectivity index (χ0) is 17.0. The van der Waals surface area contributed by atoms with Crippen LogP contribution in [0, 0.1) is 0 Å². The molecule has 0 atom stereocenters. The Kier molecular flexibility index (Phi) is 5.09. The minimum absolute atomic E-state index is 0.0428. The third kappa shape index (κ3) is 3.73. The second-order valence-corrected chi connectivity index (χ2v) is 7.47. The first-order valence-electron chi connectivity index (χ1n) is 8.20. The van der Waals surface area contributed by atoms with Crippen LogP contribution in [0.5, 0.6) is 5.75 Å². The highest BCUT2D eigenvalue weighted by molar-refractivity contribution is 7.99. The number of hydrogen-bond acceptors (Lipinski definition) is 4. The molecule has 0 aliphatic carbocycles. The Morgan fingerprint density at radius 3 is 2.88 bits per heavy atom. The Bertz CT molecular complexity index is 717. The summed E-state index contributed by atoms with van der Waals surface area (Å²) in [5.74, 6) is 1.91. The quantitative estimate of drug-likeness (QED) is 0.603. The van der Waals surface area contributed by atoms with Crippen LogP contribution in [0.1, 0.15) is 32.3 Å². The predicted molar refractivity (Wildman–Crippen MR) is 97.8 cm³/mol. The Hall–Kier alpha value is -2.01. The molecular weight excluding hydrogens is 320 g/mol. The summed E-state index contributed by atoms with van der Waals surface area (Å²) in [6, 6.07) is 11.8. The molecule has 0 bridgehead atoms. The number of carbonyl (C=O) groups excluding carboxylic acids is 1. The molecule has 1 N–H and O–H groups in total. The average molecular weight is 342 g/mol. The fraction of sp³-hybridized carbons (Fsp3) is 0.368. The number of carbonyl (C=O) groups is 1. The van der Waals surface area contributed by atoms with Crippen molar-refractivity contribution in [3.63, 3.8) is 0 Å². The SMILES string of the molecule is CC1(C)C(=O)Nc2ccc(OCCCCSc3ccccn3)cc21. The van der Waals surface area contributed by atoms with Gasteiger partial charge >= 0.3 is 0 Å². The molecule has 0 spiro atoms. The maximum Gasteiger partial charge on any atom is 0.234 e. The Morgan fingerprint density at radius 1 is 1.21 bits per heavy atom. The molecule has 4 nitrogen and oxygen atoms in total. The van der Waals surface area contributed by atoms with Gasteiger partial charge in [-0.2, -0.15) is 0 Å². The number of benzene rings is 1. The van der Waals surface area contributed by atoms with E-state index < -0.39 is 5.41 Å². The van der Waals surface area contributed by atoms with E-state index in [-0.39, 0.29) is 5.91 Å². The van der Waals surface area contributed by atoms with Crippen molar-refractivity contribution >= 4 is 23.4 Å². The van der Waals surface area contributed by atoms with Crippen LogP contribution in [0.2, 0.25) is 0 Å². The smallest absolute Gasteiger partial charge is 0.234 e. The number of nitrogens with one attached hydrogen (secondary N) is 1. The maximum atomic E-state index is 12.0. The summed E-state index contributed by atoms with van der Waals surface area (Å²) in [4.78, 5) is 16.2. The van der Waals surface area contributed by atoms with Gasteiger partial charge in [0.05, 0.1) is 17.0 Å². The van der Waals surface area contributed by atoms with Gasteiger partial charge < -0.3 is 10.1 Å². The number of anilines is 1. The Morgan fingerprint density at radius 2 is 2.08 bits per heavy atom. The summed E-state index contributed by atoms with van der Waals surface area (Å²) in [5, 5.41) is 3.98. The molecule has 0 saturated carbocycles. The number of hydrogen-bond donors (Lipinski definition) is 1. The summed E-state index contributed by atoms with van der Waals surface area (Å²) in [7, 11) is 0. The van der Waals surface area contributed by atoms with E-state index in [1.54, 1.807) is 11.8 Å². The summed E-state index contributed by atoms with van der Waals surface area (Å²) >= 11 is 1.77. The van der Waals surface area contributed by atoms with E-state index in [1.807, 2.05) is 56.4 Å². The van der Waals surface area contributed by atoms with Crippen LogP contribution >= 0.6 is 11.8 Å². The van der Waals surface area contributed by atoms with E-state index in [1.165, 1.54) is 0 Å². The molecule has 1 amide bonds. The average Bonchev–Trinajstić information content (AvgIpc) is 2.81. The lowest BCUT2D eigenvalue weighted by molar-refractivity contribution is -0.119. The second kappa shape index (κ2) is 7.26. The molecule has 1 aliphatic rings. The second-order valence-electron chi connectivity index (χ2n) is 6.36. The number of thioether (sulfide) groups is 1. The van der Waals surface area contributed by atoms with Crippen molar-refractivity contribution in [2.24, 2.45) is 0 Å². The lowest BCUT2D eigenvalue weighted by Crippen LogP contribution is -2.26. The molecule has 1 aliphatic heterocycles. The first kappa shape index (κ1) is 16.8. The van der Waals surface area contributed by atoms with Gasteiger partial charge in [-0.1, -0.05) is 6.07 Å². The van der Waals surface area contributed by atoms with E-state index in [9.17, 15) is 4.79 Å². The van der Waals surface area contributed by atoms with Crippen LogP contribution in [-0.4, -0.2) is 23.3 Å². The zero-order valence-electron chi connectivity index (χ0n) is 14.0. The van der Waals surface area contributed by atoms with E-state index in [0.717, 1.165) is 40.6 Å². The Labute approximate surface area is 147 Å². The molecule has 0 unspecified atom stereocenters. The van der Waals surface area contributed by atoms with E-state index >= 15 is 0 Å². The van der Waals surface area contributed by atoms with Crippen molar-refractivity contribution in [2.45, 2.75) is 37.1 Å². The molecule has 2 aromatic rings. The van der Waals surface area contributed by atoms with Crippen molar-refractivity contribution in [2.75, 3.05) is 17.7 Å². The number of rotatable bonds is 7. The largest absolute Gasteiger partial charge is 0.494 e. The van der Waals surface area contributed by atoms with Crippen LogP contribution in [0.15, 0.2) is 47.6 Å². The van der Waals surface area contributed by atoms with Crippen molar-refractivity contribution in [1.29, 1.82) is 0 Å². The highest BCUT2D eigenvalue weighted by Crippen LogP contribution is 2.39. The zero-order valence-corrected chi connectivity index (χ0v) is 14.9. The number of aromatic nitrogens is 1. The number of ether oxygens (including phenoxy) is 1. The molecule has 5 heteroatoms. The molecular formula is C19H22N2O2S. The molecule has 24 heavy (non-hydrogen) atoms. The first-order valence-corrected chi connectivity index (χ1v) is 9.18. The van der Waals surface area contributed by atoms with Gasteiger partial charge in [-0.25, -0.2) is 4.98 Å². The van der Waals surface area contributed by atoms with Crippen LogP contribution in [-0.2, 0) is 10.2 Å². The van der Waals surface area contributed by atoms with Gasteiger partial charge in [0, 0.05) is 11.9 Å². The number of unbranched alkanes of at least 4 members (excludes halogenated alkanes) is 1. The normalized spacial score (nSPS) is 15.0. The topological polar surface area (TPSA) is 51.2 Å². The lowest BCUT2D eigenvalue weighted by atomic mass is 9.86. The van der Waals surface area contributed by atoms with Gasteiger partial charge in [0.2, 0.25) is 5.91 Å². The van der Waals surface area contributed by atoms with Gasteiger partial charge in [-0.3, -0.25) is 4.79 Å². The lowest BCUT2D eigenvalue weighted by Gasteiger charge is -2.16. The van der Waals surface area contributed by atoms with E-state index in [4.69, 9.17) is 4.74 Å². The Balaban J connectivity index is 1.43. The molecule has 0 fully saturated rings. The highest BCUT2D eigenvalue weighted by atomic mass is 32.2. The summed E-state index contributed by atoms with van der Waals surface area (Å²) in [6.07, 6.45) is 3.90. The van der Waals surface area contributed by atoms with E-state index in [0.29, 0.717) is 6.61 Å². The van der Waals surface area contributed by atoms with Crippen LogP contribution < -0.4 is 10.1 Å². The standard InChI is InChI=1S/C19H22N2O2S/c1-19(2)15-13-14(8-9-16(15)21-18(19)22)23-11-5-6-12-24-17-7-3-4-10-20-17/h3-4,7-10,13H,5-6,11-12H2,1-2H3,(H,21,22). The predicted octanol–water partition coefficient (Wildman–Crippen LogP) is 4.26. The fourth-order valence-corrected chi connectivity index (χ4v) is 3.51. The highest BCUT2D eigenvalue weighted by Gasteiger charge is 2.38. The summed E-state index contributed by atoms with van der Waals surface area (Å²) in [6.45, 7) is 4.56. The minimum Gasteiger partial charge on any atom is -0.494 e. The molecule has 1 aromatic heterocycles. The number of pyridine rings is 1. The van der Waals surface area contributed by atoms with Gasteiger partial charge in [0.15, 0.2) is 0 Å². The fourth-order valence-electron chi connectivity index (χ4n) is 2.64. The minimum atomic E-state index is -0.492. The number of amides is 1. The van der Waals surface area contributed by atoms with Gasteiger partial charge in [-0.05, 0) is 68.3 Å². The summed E-state index contributed by atoms with van der Waals surface area (Å²) < 4.78 is 5.85. The molecule has 126 valence electrons. The summed E-state index contributed by atoms with van der Waals surface area (Å²) in [5.41, 5.74) is 1.41. The van der Waals surface area contributed by atoms with Gasteiger partial charge in [-0.15, -0.1) is 11.8 Å². The van der Waals surface area contributed by atoms with Gasteiger partial charge in [0.25, 0.3) is 0 Å². The monoisotopic (exact) mass is 342 g/mol. The molecule has 1 aromatic carbocycles. The maximum absolute atomic E-state index is 12.0. The number of nitrogens with zero attached hydrogens (tertiary/aromatic N) is 1. The third-order valence-corrected chi connectivity index (χ3v) is 5.21. The van der Waals surface area contributed by atoms with Crippen LogP contribution in [0.4, 0.5) is 5.69 Å². The van der Waals surface area contributed by atoms with Crippen molar-refractivity contribution in [3.05, 3.63) is 48.2 Å². The molecule has 0 saturated heterocycles. The van der Waals surface area contributed by atoms with Crippen LogP contribution in [0.25, 0.3) is 0 Å². The van der Waals surface area contributed by atoms with Crippen molar-refractivity contribution in [3.8, 4) is 5.75 Å². The van der Waals surface area contributed by atoms with Gasteiger partial charge in [0.1, 0.15) is 5.75 Å². The molecule has 2 heterocycles. The first-order chi connectivity index (χ1) is 11.6. The van der Waals surface area contributed by atoms with Crippen molar-refractivity contribution in [1.82, 2.24) is 4.98 Å². The van der Waals surface area contributed by atoms with Crippen LogP contribution in [0.3, 0.4) is 0 Å². The van der Waals surface area contributed by atoms with E-state index in [2.05, 4.69) is 10.3 Å². The molecule has 3 rings (SSSR count). The van der Waals surface area contributed by atoms with Crippen molar-refractivity contribution < 1.29 is 9.53 Å².